The molecule has 3 rings (SSSR count). The number of nitrogens with zero attached hydrogens (tertiary/aromatic N) is 2. The van der Waals surface area contributed by atoms with E-state index in [9.17, 15) is 13.2 Å². The fourth-order valence-electron chi connectivity index (χ4n) is 3.55. The van der Waals surface area contributed by atoms with Crippen LogP contribution in [0, 0.1) is 0 Å². The maximum Gasteiger partial charge on any atom is 0.248 e. The summed E-state index contributed by atoms with van der Waals surface area (Å²) in [6.45, 7) is 7.15. The first-order chi connectivity index (χ1) is 14.4. The first-order valence-corrected chi connectivity index (χ1v) is 13.3. The summed E-state index contributed by atoms with van der Waals surface area (Å²) in [4.78, 5) is 18.4. The van der Waals surface area contributed by atoms with Gasteiger partial charge in [-0.15, -0.1) is 0 Å². The van der Waals surface area contributed by atoms with E-state index in [1.807, 2.05) is 43.9 Å². The van der Waals surface area contributed by atoms with Crippen LogP contribution in [-0.4, -0.2) is 55.5 Å². The van der Waals surface area contributed by atoms with Crippen LogP contribution in [0.25, 0.3) is 0 Å². The van der Waals surface area contributed by atoms with Gasteiger partial charge in [-0.05, 0) is 31.4 Å². The number of carbonyl (C=O) groups excluding carboxylic acids is 1. The first kappa shape index (κ1) is 22.9. The predicted octanol–water partition coefficient (Wildman–Crippen LogP) is 3.67. The molecule has 0 unspecified atom stereocenters. The summed E-state index contributed by atoms with van der Waals surface area (Å²) in [6.07, 6.45) is 2.84. The van der Waals surface area contributed by atoms with Gasteiger partial charge in [-0.3, -0.25) is 4.79 Å². The van der Waals surface area contributed by atoms with Gasteiger partial charge in [0.25, 0.3) is 0 Å². The number of ether oxygens (including phenoxy) is 2. The Morgan fingerprint density at radius 3 is 2.47 bits per heavy atom. The third kappa shape index (κ3) is 5.29. The molecule has 1 aromatic rings. The van der Waals surface area contributed by atoms with Crippen LogP contribution >= 0.6 is 11.8 Å². The van der Waals surface area contributed by atoms with Crippen LogP contribution in [0.2, 0.25) is 0 Å². The van der Waals surface area contributed by atoms with Crippen molar-refractivity contribution in [2.75, 3.05) is 29.6 Å². The molecular formula is C21H30N2O5S2. The van der Waals surface area contributed by atoms with Gasteiger partial charge in [0.1, 0.15) is 0 Å². The molecule has 0 radical (unpaired) electrons. The molecule has 1 aromatic carbocycles. The molecule has 2 aliphatic heterocycles. The van der Waals surface area contributed by atoms with Crippen LogP contribution < -0.4 is 14.4 Å². The molecular weight excluding hydrogens is 424 g/mol. The van der Waals surface area contributed by atoms with Gasteiger partial charge in [0, 0.05) is 23.4 Å². The maximum atomic E-state index is 12.2. The number of carbonyl (C=O) groups is 1. The van der Waals surface area contributed by atoms with Crippen molar-refractivity contribution in [3.63, 3.8) is 0 Å². The summed E-state index contributed by atoms with van der Waals surface area (Å²) >= 11 is 1.39. The zero-order chi connectivity index (χ0) is 21.7. The molecule has 2 saturated heterocycles. The van der Waals surface area contributed by atoms with Crippen molar-refractivity contribution in [2.45, 2.75) is 57.7 Å². The minimum absolute atomic E-state index is 0.0604. The SMILES string of the molecule is CCCOc1ccc(N2C(=NC(=O)CCC)S[C@H]3CS(=O)(=O)C[C@H]32)cc1OCCC. The molecule has 2 atom stereocenters. The topological polar surface area (TPSA) is 85.3 Å². The third-order valence-corrected chi connectivity index (χ3v) is 8.09. The van der Waals surface area contributed by atoms with Gasteiger partial charge < -0.3 is 14.4 Å². The summed E-state index contributed by atoms with van der Waals surface area (Å²) < 4.78 is 36.2. The normalized spacial score (nSPS) is 23.6. The fourth-order valence-corrected chi connectivity index (χ4v) is 7.48. The molecule has 0 bridgehead atoms. The second-order valence-electron chi connectivity index (χ2n) is 7.54. The number of hydrogen-bond acceptors (Lipinski definition) is 6. The zero-order valence-electron chi connectivity index (χ0n) is 17.8. The second kappa shape index (κ2) is 10.0. The molecule has 0 saturated carbocycles. The number of thioether (sulfide) groups is 1. The van der Waals surface area contributed by atoms with Gasteiger partial charge in [0.15, 0.2) is 26.5 Å². The lowest BCUT2D eigenvalue weighted by molar-refractivity contribution is -0.117. The smallest absolute Gasteiger partial charge is 0.248 e. The van der Waals surface area contributed by atoms with Crippen LogP contribution in [-0.2, 0) is 14.6 Å². The van der Waals surface area contributed by atoms with Crippen molar-refractivity contribution in [2.24, 2.45) is 4.99 Å². The molecule has 9 heteroatoms. The second-order valence-corrected chi connectivity index (χ2v) is 10.9. The number of sulfone groups is 1. The lowest BCUT2D eigenvalue weighted by Crippen LogP contribution is -2.37. The average molecular weight is 455 g/mol. The van der Waals surface area contributed by atoms with Gasteiger partial charge >= 0.3 is 0 Å². The molecule has 2 aliphatic rings. The number of rotatable bonds is 9. The van der Waals surface area contributed by atoms with E-state index in [2.05, 4.69) is 4.99 Å². The van der Waals surface area contributed by atoms with E-state index >= 15 is 0 Å². The van der Waals surface area contributed by atoms with Gasteiger partial charge in [0.05, 0.1) is 30.8 Å². The highest BCUT2D eigenvalue weighted by Gasteiger charge is 2.49. The fraction of sp³-hybridized carbons (Fsp3) is 0.619. The van der Waals surface area contributed by atoms with Crippen molar-refractivity contribution >= 4 is 38.4 Å². The number of amides is 1. The maximum absolute atomic E-state index is 12.2. The molecule has 7 nitrogen and oxygen atoms in total. The van der Waals surface area contributed by atoms with E-state index < -0.39 is 9.84 Å². The number of amidine groups is 1. The van der Waals surface area contributed by atoms with Crippen molar-refractivity contribution in [3.05, 3.63) is 18.2 Å². The molecule has 30 heavy (non-hydrogen) atoms. The molecule has 0 N–H and O–H groups in total. The quantitative estimate of drug-likeness (QED) is 0.563. The first-order valence-electron chi connectivity index (χ1n) is 10.6. The molecule has 1 amide bonds. The Hall–Kier alpha value is -1.74. The number of fused-ring (bicyclic) bond motifs is 1. The summed E-state index contributed by atoms with van der Waals surface area (Å²) in [5, 5.41) is 0.446. The van der Waals surface area contributed by atoms with Gasteiger partial charge in [-0.25, -0.2) is 8.42 Å². The highest BCUT2D eigenvalue weighted by molar-refractivity contribution is 8.16. The highest BCUT2D eigenvalue weighted by Crippen LogP contribution is 2.43. The summed E-state index contributed by atoms with van der Waals surface area (Å²) in [6, 6.07) is 5.36. The average Bonchev–Trinajstić information content (AvgIpc) is 3.15. The summed E-state index contributed by atoms with van der Waals surface area (Å²) in [5.41, 5.74) is 0.769. The van der Waals surface area contributed by atoms with Gasteiger partial charge in [-0.2, -0.15) is 4.99 Å². The lowest BCUT2D eigenvalue weighted by Gasteiger charge is -2.25. The Balaban J connectivity index is 1.98. The minimum atomic E-state index is -3.11. The lowest BCUT2D eigenvalue weighted by atomic mass is 10.2. The summed E-state index contributed by atoms with van der Waals surface area (Å²) in [5.74, 6) is 1.27. The van der Waals surface area contributed by atoms with Gasteiger partial charge in [-0.1, -0.05) is 32.5 Å². The van der Waals surface area contributed by atoms with E-state index in [1.165, 1.54) is 11.8 Å². The van der Waals surface area contributed by atoms with E-state index in [4.69, 9.17) is 9.47 Å². The zero-order valence-corrected chi connectivity index (χ0v) is 19.4. The standard InChI is InChI=1S/C21H30N2O5S2/c1-4-7-20(24)22-21-23(16-13-30(25,26)14-19(16)29-21)15-8-9-17(27-10-5-2)18(12-15)28-11-6-3/h8-9,12,16,19H,4-7,10-11,13-14H2,1-3H3/t16-,19+/m1/s1. The highest BCUT2D eigenvalue weighted by atomic mass is 32.2. The Labute approximate surface area is 183 Å². The molecule has 0 aliphatic carbocycles. The van der Waals surface area contributed by atoms with E-state index in [0.29, 0.717) is 36.3 Å². The summed E-state index contributed by atoms with van der Waals surface area (Å²) in [7, 11) is -3.11. The number of aliphatic imine (C=N–C) groups is 1. The van der Waals surface area contributed by atoms with Crippen molar-refractivity contribution in [3.8, 4) is 11.5 Å². The molecule has 166 valence electrons. The van der Waals surface area contributed by atoms with Crippen molar-refractivity contribution in [1.29, 1.82) is 0 Å². The van der Waals surface area contributed by atoms with Crippen LogP contribution in [0.5, 0.6) is 11.5 Å². The minimum Gasteiger partial charge on any atom is -0.490 e. The monoisotopic (exact) mass is 454 g/mol. The van der Waals surface area contributed by atoms with E-state index in [1.54, 1.807) is 0 Å². The predicted molar refractivity (Wildman–Crippen MR) is 122 cm³/mol. The number of benzene rings is 1. The van der Waals surface area contributed by atoms with Crippen LogP contribution in [0.4, 0.5) is 5.69 Å². The Morgan fingerprint density at radius 1 is 1.10 bits per heavy atom. The molecule has 0 aromatic heterocycles. The van der Waals surface area contributed by atoms with E-state index in [-0.39, 0.29) is 28.7 Å². The molecule has 2 heterocycles. The van der Waals surface area contributed by atoms with Crippen molar-refractivity contribution in [1.82, 2.24) is 0 Å². The molecule has 0 spiro atoms. The van der Waals surface area contributed by atoms with Crippen LogP contribution in [0.15, 0.2) is 23.2 Å². The Kier molecular flexibility index (Phi) is 7.68. The van der Waals surface area contributed by atoms with Crippen molar-refractivity contribution < 1.29 is 22.7 Å². The largest absolute Gasteiger partial charge is 0.490 e. The Morgan fingerprint density at radius 2 is 1.80 bits per heavy atom. The van der Waals surface area contributed by atoms with Crippen LogP contribution in [0.1, 0.15) is 46.5 Å². The Bertz CT molecular complexity index is 901. The number of hydrogen-bond donors (Lipinski definition) is 0. The van der Waals surface area contributed by atoms with Gasteiger partial charge in [0.2, 0.25) is 5.91 Å². The number of anilines is 1. The van der Waals surface area contributed by atoms with Crippen LogP contribution in [0.3, 0.4) is 0 Å². The third-order valence-electron chi connectivity index (χ3n) is 4.88. The molecule has 2 fully saturated rings. The van der Waals surface area contributed by atoms with E-state index in [0.717, 1.165) is 24.9 Å².